The van der Waals surface area contributed by atoms with E-state index in [1.54, 1.807) is 0 Å². The summed E-state index contributed by atoms with van der Waals surface area (Å²) < 4.78 is 0. The summed E-state index contributed by atoms with van der Waals surface area (Å²) in [4.78, 5) is 29.7. The molecule has 2 aromatic carbocycles. The van der Waals surface area contributed by atoms with E-state index in [2.05, 4.69) is 6.92 Å². The Kier molecular flexibility index (Phi) is 5.40. The largest absolute Gasteiger partial charge is 0.337 e. The first-order valence-corrected chi connectivity index (χ1v) is 9.17. The molecule has 1 fully saturated rings. The van der Waals surface area contributed by atoms with Gasteiger partial charge in [0, 0.05) is 37.3 Å². The molecule has 2 amide bonds. The van der Waals surface area contributed by atoms with Crippen LogP contribution in [0.15, 0.2) is 48.5 Å². The summed E-state index contributed by atoms with van der Waals surface area (Å²) in [5.41, 5.74) is 3.47. The Morgan fingerprint density at radius 2 is 1.15 bits per heavy atom. The molecule has 1 aliphatic rings. The number of nitrogens with zero attached hydrogens (tertiary/aromatic N) is 2. The predicted octanol–water partition coefficient (Wildman–Crippen LogP) is 3.54. The zero-order valence-electron chi connectivity index (χ0n) is 15.7. The summed E-state index contributed by atoms with van der Waals surface area (Å²) in [5.74, 6) is 0.346. The Labute approximate surface area is 155 Å². The number of carbonyl (C=O) groups excluding carboxylic acids is 2. The van der Waals surface area contributed by atoms with Crippen LogP contribution in [0.25, 0.3) is 0 Å². The fraction of sp³-hybridized carbons (Fsp3) is 0.364. The fourth-order valence-electron chi connectivity index (χ4n) is 3.57. The maximum absolute atomic E-state index is 12.9. The van der Waals surface area contributed by atoms with E-state index < -0.39 is 0 Å². The Bertz CT molecular complexity index is 748. The van der Waals surface area contributed by atoms with Gasteiger partial charge in [0.1, 0.15) is 0 Å². The van der Waals surface area contributed by atoms with Gasteiger partial charge in [-0.3, -0.25) is 9.59 Å². The molecule has 1 saturated heterocycles. The zero-order valence-corrected chi connectivity index (χ0v) is 15.7. The highest BCUT2D eigenvalue weighted by atomic mass is 16.2. The Hall–Kier alpha value is -2.62. The quantitative estimate of drug-likeness (QED) is 0.831. The standard InChI is InChI=1S/C22H26N2O2/c1-16-14-23(21(25)19-10-6-4-8-17(19)2)12-13-24(15-16)22(26)20-11-7-5-9-18(20)3/h4-11,16H,12-15H2,1-3H3. The third-order valence-corrected chi connectivity index (χ3v) is 5.03. The van der Waals surface area contributed by atoms with E-state index in [-0.39, 0.29) is 17.7 Å². The van der Waals surface area contributed by atoms with E-state index in [9.17, 15) is 9.59 Å². The van der Waals surface area contributed by atoms with Gasteiger partial charge in [-0.1, -0.05) is 43.3 Å². The molecule has 1 aliphatic heterocycles. The summed E-state index contributed by atoms with van der Waals surface area (Å²) in [6, 6.07) is 15.4. The average molecular weight is 350 g/mol. The van der Waals surface area contributed by atoms with Gasteiger partial charge in [-0.05, 0) is 43.0 Å². The lowest BCUT2D eigenvalue weighted by atomic mass is 10.1. The molecule has 136 valence electrons. The van der Waals surface area contributed by atoms with Crippen LogP contribution < -0.4 is 0 Å². The van der Waals surface area contributed by atoms with Gasteiger partial charge in [-0.15, -0.1) is 0 Å². The van der Waals surface area contributed by atoms with Crippen LogP contribution in [0.4, 0.5) is 0 Å². The summed E-state index contributed by atoms with van der Waals surface area (Å²) in [7, 11) is 0. The molecule has 0 bridgehead atoms. The molecule has 1 heterocycles. The van der Waals surface area contributed by atoms with E-state index in [1.165, 1.54) is 0 Å². The zero-order chi connectivity index (χ0) is 18.7. The van der Waals surface area contributed by atoms with Gasteiger partial charge < -0.3 is 9.80 Å². The van der Waals surface area contributed by atoms with Gasteiger partial charge in [-0.25, -0.2) is 0 Å². The lowest BCUT2D eigenvalue weighted by Crippen LogP contribution is -2.37. The number of rotatable bonds is 2. The van der Waals surface area contributed by atoms with Crippen molar-refractivity contribution in [1.82, 2.24) is 9.80 Å². The van der Waals surface area contributed by atoms with Crippen molar-refractivity contribution in [1.29, 1.82) is 0 Å². The average Bonchev–Trinajstić information content (AvgIpc) is 2.83. The van der Waals surface area contributed by atoms with Crippen molar-refractivity contribution in [3.63, 3.8) is 0 Å². The van der Waals surface area contributed by atoms with E-state index >= 15 is 0 Å². The van der Waals surface area contributed by atoms with Crippen molar-refractivity contribution in [3.8, 4) is 0 Å². The fourth-order valence-corrected chi connectivity index (χ4v) is 3.57. The van der Waals surface area contributed by atoms with Crippen LogP contribution in [0, 0.1) is 19.8 Å². The minimum Gasteiger partial charge on any atom is -0.337 e. The molecule has 0 aliphatic carbocycles. The maximum Gasteiger partial charge on any atom is 0.254 e. The normalized spacial score (nSPS) is 15.7. The second kappa shape index (κ2) is 7.73. The van der Waals surface area contributed by atoms with Gasteiger partial charge in [0.25, 0.3) is 11.8 Å². The van der Waals surface area contributed by atoms with Crippen LogP contribution in [0.2, 0.25) is 0 Å². The van der Waals surface area contributed by atoms with Crippen molar-refractivity contribution in [3.05, 3.63) is 70.8 Å². The van der Waals surface area contributed by atoms with E-state index in [4.69, 9.17) is 0 Å². The molecule has 4 nitrogen and oxygen atoms in total. The van der Waals surface area contributed by atoms with Crippen molar-refractivity contribution in [2.24, 2.45) is 5.92 Å². The molecule has 0 aromatic heterocycles. The van der Waals surface area contributed by atoms with Crippen LogP contribution in [0.1, 0.15) is 38.8 Å². The molecule has 0 radical (unpaired) electrons. The summed E-state index contributed by atoms with van der Waals surface area (Å²) in [5, 5.41) is 0. The van der Waals surface area contributed by atoms with Gasteiger partial charge in [0.05, 0.1) is 0 Å². The Balaban J connectivity index is 1.76. The molecule has 0 atom stereocenters. The highest BCUT2D eigenvalue weighted by Gasteiger charge is 2.27. The second-order valence-corrected chi connectivity index (χ2v) is 7.24. The predicted molar refractivity (Wildman–Crippen MR) is 103 cm³/mol. The monoisotopic (exact) mass is 350 g/mol. The van der Waals surface area contributed by atoms with E-state index in [0.717, 1.165) is 22.3 Å². The molecule has 3 rings (SSSR count). The van der Waals surface area contributed by atoms with Crippen LogP contribution in [0.5, 0.6) is 0 Å². The van der Waals surface area contributed by atoms with E-state index in [0.29, 0.717) is 26.2 Å². The first-order chi connectivity index (χ1) is 12.5. The third-order valence-electron chi connectivity index (χ3n) is 5.03. The van der Waals surface area contributed by atoms with Crippen LogP contribution >= 0.6 is 0 Å². The third kappa shape index (κ3) is 3.79. The number of benzene rings is 2. The molecular weight excluding hydrogens is 324 g/mol. The first-order valence-electron chi connectivity index (χ1n) is 9.17. The van der Waals surface area contributed by atoms with Crippen molar-refractivity contribution < 1.29 is 9.59 Å². The Morgan fingerprint density at radius 3 is 1.54 bits per heavy atom. The van der Waals surface area contributed by atoms with Gasteiger partial charge in [0.2, 0.25) is 0 Å². The molecular formula is C22H26N2O2. The molecule has 0 spiro atoms. The first kappa shape index (κ1) is 18.2. The molecule has 0 unspecified atom stereocenters. The molecule has 0 saturated carbocycles. The topological polar surface area (TPSA) is 40.6 Å². The molecule has 4 heteroatoms. The number of carbonyl (C=O) groups is 2. The second-order valence-electron chi connectivity index (χ2n) is 7.24. The summed E-state index contributed by atoms with van der Waals surface area (Å²) in [6.45, 7) is 8.49. The number of aryl methyl sites for hydroxylation is 2. The van der Waals surface area contributed by atoms with Gasteiger partial charge in [-0.2, -0.15) is 0 Å². The SMILES string of the molecule is Cc1ccccc1C(=O)N1CCN(C(=O)c2ccccc2C)CC(C)C1. The highest BCUT2D eigenvalue weighted by molar-refractivity contribution is 5.97. The van der Waals surface area contributed by atoms with Crippen molar-refractivity contribution >= 4 is 11.8 Å². The summed E-state index contributed by atoms with van der Waals surface area (Å²) in [6.07, 6.45) is 0. The van der Waals surface area contributed by atoms with Crippen LogP contribution in [-0.4, -0.2) is 47.8 Å². The van der Waals surface area contributed by atoms with Crippen molar-refractivity contribution in [2.45, 2.75) is 20.8 Å². The van der Waals surface area contributed by atoms with Gasteiger partial charge in [0.15, 0.2) is 0 Å². The summed E-state index contributed by atoms with van der Waals surface area (Å²) >= 11 is 0. The van der Waals surface area contributed by atoms with E-state index in [1.807, 2.05) is 72.2 Å². The lowest BCUT2D eigenvalue weighted by molar-refractivity contribution is 0.0718. The van der Waals surface area contributed by atoms with Gasteiger partial charge >= 0.3 is 0 Å². The minimum atomic E-state index is 0.0557. The molecule has 2 aromatic rings. The smallest absolute Gasteiger partial charge is 0.254 e. The minimum absolute atomic E-state index is 0.0557. The van der Waals surface area contributed by atoms with Crippen molar-refractivity contribution in [2.75, 3.05) is 26.2 Å². The molecule has 0 N–H and O–H groups in total. The number of hydrogen-bond acceptors (Lipinski definition) is 2. The van der Waals surface area contributed by atoms with Crippen LogP contribution in [-0.2, 0) is 0 Å². The number of hydrogen-bond donors (Lipinski definition) is 0. The molecule has 26 heavy (non-hydrogen) atoms. The maximum atomic E-state index is 12.9. The lowest BCUT2D eigenvalue weighted by Gasteiger charge is -2.23. The number of amides is 2. The Morgan fingerprint density at radius 1 is 0.769 bits per heavy atom. The highest BCUT2D eigenvalue weighted by Crippen LogP contribution is 2.18. The van der Waals surface area contributed by atoms with Crippen LogP contribution in [0.3, 0.4) is 0 Å².